The number of ether oxygens (including phenoxy) is 1. The largest absolute Gasteiger partial charge is 0.378 e. The van der Waals surface area contributed by atoms with Crippen LogP contribution in [-0.2, 0) is 4.74 Å². The molecule has 2 aliphatic carbocycles. The molecule has 2 rings (SSSR count). The molecule has 2 aliphatic rings. The normalized spacial score (nSPS) is 34.4. The van der Waals surface area contributed by atoms with Crippen molar-refractivity contribution in [3.63, 3.8) is 0 Å². The molecule has 0 aromatic heterocycles. The van der Waals surface area contributed by atoms with E-state index in [1.165, 1.54) is 96.3 Å². The quantitative estimate of drug-likeness (QED) is 0.375. The minimum Gasteiger partial charge on any atom is -0.378 e. The third-order valence-corrected chi connectivity index (χ3v) is 7.11. The SMILES string of the molecule is CCCCCOC1CCC(C2CCC(C)(CCCCC)CC2)CC1. The van der Waals surface area contributed by atoms with Crippen molar-refractivity contribution in [2.24, 2.45) is 17.3 Å². The molecular weight excluding hydrogens is 292 g/mol. The summed E-state index contributed by atoms with van der Waals surface area (Å²) in [5.74, 6) is 2.05. The predicted octanol–water partition coefficient (Wildman–Crippen LogP) is 7.53. The van der Waals surface area contributed by atoms with Gasteiger partial charge in [-0.05, 0) is 81.5 Å². The summed E-state index contributed by atoms with van der Waals surface area (Å²) < 4.78 is 6.11. The Morgan fingerprint density at radius 2 is 1.33 bits per heavy atom. The summed E-state index contributed by atoms with van der Waals surface area (Å²) in [6, 6.07) is 0. The molecule has 0 radical (unpaired) electrons. The Labute approximate surface area is 152 Å². The highest BCUT2D eigenvalue weighted by Crippen LogP contribution is 2.47. The second kappa shape index (κ2) is 10.8. The summed E-state index contributed by atoms with van der Waals surface area (Å²) in [5.41, 5.74) is 0.672. The molecule has 0 aliphatic heterocycles. The molecule has 0 spiro atoms. The monoisotopic (exact) mass is 336 g/mol. The van der Waals surface area contributed by atoms with Gasteiger partial charge >= 0.3 is 0 Å². The number of unbranched alkanes of at least 4 members (excludes halogenated alkanes) is 4. The van der Waals surface area contributed by atoms with E-state index >= 15 is 0 Å². The molecular formula is C23H44O. The lowest BCUT2D eigenvalue weighted by molar-refractivity contribution is 0.00221. The molecule has 0 saturated heterocycles. The zero-order chi connectivity index (χ0) is 17.3. The van der Waals surface area contributed by atoms with Gasteiger partial charge in [0.1, 0.15) is 0 Å². The minimum atomic E-state index is 0.584. The molecule has 0 N–H and O–H groups in total. The lowest BCUT2D eigenvalue weighted by Crippen LogP contribution is -2.31. The van der Waals surface area contributed by atoms with Crippen molar-refractivity contribution in [1.82, 2.24) is 0 Å². The van der Waals surface area contributed by atoms with Crippen LogP contribution in [0.5, 0.6) is 0 Å². The first-order valence-corrected chi connectivity index (χ1v) is 11.3. The third-order valence-electron chi connectivity index (χ3n) is 7.11. The molecule has 1 heteroatoms. The maximum Gasteiger partial charge on any atom is 0.0575 e. The fourth-order valence-corrected chi connectivity index (χ4v) is 5.19. The van der Waals surface area contributed by atoms with Crippen LogP contribution in [0, 0.1) is 17.3 Å². The van der Waals surface area contributed by atoms with E-state index in [0.29, 0.717) is 11.5 Å². The van der Waals surface area contributed by atoms with Gasteiger partial charge in [0, 0.05) is 6.61 Å². The van der Waals surface area contributed by atoms with Gasteiger partial charge in [0.25, 0.3) is 0 Å². The van der Waals surface area contributed by atoms with Crippen LogP contribution in [0.4, 0.5) is 0 Å². The molecule has 0 unspecified atom stereocenters. The lowest BCUT2D eigenvalue weighted by Gasteiger charge is -2.42. The first kappa shape index (κ1) is 20.3. The summed E-state index contributed by atoms with van der Waals surface area (Å²) in [6.45, 7) is 8.16. The average Bonchev–Trinajstić information content (AvgIpc) is 2.60. The van der Waals surface area contributed by atoms with Crippen molar-refractivity contribution in [1.29, 1.82) is 0 Å². The van der Waals surface area contributed by atoms with Gasteiger partial charge in [0.2, 0.25) is 0 Å². The molecule has 0 amide bonds. The van der Waals surface area contributed by atoms with Crippen molar-refractivity contribution < 1.29 is 4.74 Å². The highest BCUT2D eigenvalue weighted by atomic mass is 16.5. The molecule has 0 atom stereocenters. The smallest absolute Gasteiger partial charge is 0.0575 e. The highest BCUT2D eigenvalue weighted by molar-refractivity contribution is 4.87. The van der Waals surface area contributed by atoms with Crippen LogP contribution < -0.4 is 0 Å². The van der Waals surface area contributed by atoms with Crippen molar-refractivity contribution in [2.45, 2.75) is 123 Å². The van der Waals surface area contributed by atoms with E-state index in [1.54, 1.807) is 0 Å². The Balaban J connectivity index is 1.61. The topological polar surface area (TPSA) is 9.23 Å². The Bertz CT molecular complexity index is 308. The third kappa shape index (κ3) is 6.70. The summed E-state index contributed by atoms with van der Waals surface area (Å²) in [4.78, 5) is 0. The van der Waals surface area contributed by atoms with Gasteiger partial charge in [0.15, 0.2) is 0 Å². The molecule has 2 fully saturated rings. The number of hydrogen-bond donors (Lipinski definition) is 0. The van der Waals surface area contributed by atoms with Crippen molar-refractivity contribution in [3.05, 3.63) is 0 Å². The summed E-state index contributed by atoms with van der Waals surface area (Å²) in [6.07, 6.45) is 21.8. The van der Waals surface area contributed by atoms with E-state index in [4.69, 9.17) is 4.74 Å². The van der Waals surface area contributed by atoms with E-state index in [1.807, 2.05) is 0 Å². The minimum absolute atomic E-state index is 0.584. The van der Waals surface area contributed by atoms with Gasteiger partial charge in [-0.3, -0.25) is 0 Å². The van der Waals surface area contributed by atoms with Gasteiger partial charge in [-0.2, -0.15) is 0 Å². The Morgan fingerprint density at radius 1 is 0.750 bits per heavy atom. The molecule has 1 nitrogen and oxygen atoms in total. The van der Waals surface area contributed by atoms with Crippen molar-refractivity contribution in [3.8, 4) is 0 Å². The Morgan fingerprint density at radius 3 is 1.96 bits per heavy atom. The second-order valence-electron chi connectivity index (χ2n) is 9.22. The maximum atomic E-state index is 6.11. The molecule has 2 saturated carbocycles. The molecule has 0 aromatic carbocycles. The Kier molecular flexibility index (Phi) is 9.16. The average molecular weight is 337 g/mol. The van der Waals surface area contributed by atoms with Gasteiger partial charge in [-0.15, -0.1) is 0 Å². The van der Waals surface area contributed by atoms with Gasteiger partial charge < -0.3 is 4.74 Å². The van der Waals surface area contributed by atoms with Gasteiger partial charge in [0.05, 0.1) is 6.10 Å². The number of hydrogen-bond acceptors (Lipinski definition) is 1. The van der Waals surface area contributed by atoms with E-state index in [2.05, 4.69) is 20.8 Å². The van der Waals surface area contributed by atoms with Gasteiger partial charge in [-0.25, -0.2) is 0 Å². The molecule has 0 aromatic rings. The van der Waals surface area contributed by atoms with E-state index in [9.17, 15) is 0 Å². The lowest BCUT2D eigenvalue weighted by atomic mass is 9.64. The fraction of sp³-hybridized carbons (Fsp3) is 1.00. The first-order chi connectivity index (χ1) is 11.7. The zero-order valence-electron chi connectivity index (χ0n) is 17.0. The van der Waals surface area contributed by atoms with Crippen molar-refractivity contribution >= 4 is 0 Å². The summed E-state index contributed by atoms with van der Waals surface area (Å²) in [7, 11) is 0. The number of rotatable bonds is 10. The van der Waals surface area contributed by atoms with Crippen LogP contribution in [0.2, 0.25) is 0 Å². The Hall–Kier alpha value is -0.0400. The zero-order valence-corrected chi connectivity index (χ0v) is 17.0. The van der Waals surface area contributed by atoms with Crippen LogP contribution in [-0.4, -0.2) is 12.7 Å². The van der Waals surface area contributed by atoms with Crippen molar-refractivity contribution in [2.75, 3.05) is 6.61 Å². The molecule has 24 heavy (non-hydrogen) atoms. The van der Waals surface area contributed by atoms with Gasteiger partial charge in [-0.1, -0.05) is 52.9 Å². The second-order valence-corrected chi connectivity index (χ2v) is 9.22. The van der Waals surface area contributed by atoms with Crippen LogP contribution in [0.25, 0.3) is 0 Å². The van der Waals surface area contributed by atoms with Crippen LogP contribution in [0.3, 0.4) is 0 Å². The predicted molar refractivity (Wildman–Crippen MR) is 105 cm³/mol. The van der Waals surface area contributed by atoms with E-state index < -0.39 is 0 Å². The molecule has 0 bridgehead atoms. The summed E-state index contributed by atoms with van der Waals surface area (Å²) >= 11 is 0. The van der Waals surface area contributed by atoms with E-state index in [-0.39, 0.29) is 0 Å². The molecule has 142 valence electrons. The van der Waals surface area contributed by atoms with E-state index in [0.717, 1.165) is 18.4 Å². The van der Waals surface area contributed by atoms with Crippen LogP contribution >= 0.6 is 0 Å². The van der Waals surface area contributed by atoms with Crippen LogP contribution in [0.1, 0.15) is 117 Å². The maximum absolute atomic E-state index is 6.11. The van der Waals surface area contributed by atoms with Crippen LogP contribution in [0.15, 0.2) is 0 Å². The fourth-order valence-electron chi connectivity index (χ4n) is 5.19. The molecule has 0 heterocycles. The standard InChI is InChI=1S/C23H44O/c1-4-6-8-16-23(3)17-14-21(15-18-23)20-10-12-22(13-11-20)24-19-9-7-5-2/h20-22H,4-19H2,1-3H3. The summed E-state index contributed by atoms with van der Waals surface area (Å²) in [5, 5.41) is 0. The highest BCUT2D eigenvalue weighted by Gasteiger charge is 2.35. The first-order valence-electron chi connectivity index (χ1n) is 11.3.